The molecule has 5 nitrogen and oxygen atoms in total. The molecule has 5 heteroatoms. The monoisotopic (exact) mass is 246 g/mol. The number of benzene rings is 1. The molecule has 94 valence electrons. The van der Waals surface area contributed by atoms with Crippen LogP contribution in [-0.2, 0) is 5.41 Å². The highest BCUT2D eigenvalue weighted by Crippen LogP contribution is 2.24. The van der Waals surface area contributed by atoms with E-state index in [1.54, 1.807) is 0 Å². The minimum atomic E-state index is -1.22. The standard InChI is InChI=1S/C13H14N2O3/c1-13(2,3)9-6-4-8(5-7-9)10-14-11(12(16)17)18-15-10/h4-7H,1-3H3,(H,16,17). The van der Waals surface area contributed by atoms with Crippen LogP contribution in [0.2, 0.25) is 0 Å². The number of aromatic nitrogens is 2. The van der Waals surface area contributed by atoms with Crippen molar-refractivity contribution in [2.45, 2.75) is 26.2 Å². The van der Waals surface area contributed by atoms with Crippen LogP contribution in [0.4, 0.5) is 0 Å². The lowest BCUT2D eigenvalue weighted by Gasteiger charge is -2.18. The largest absolute Gasteiger partial charge is 0.474 e. The molecule has 0 spiro atoms. The van der Waals surface area contributed by atoms with Crippen molar-refractivity contribution >= 4 is 5.97 Å². The van der Waals surface area contributed by atoms with E-state index in [4.69, 9.17) is 5.11 Å². The summed E-state index contributed by atoms with van der Waals surface area (Å²) in [6.45, 7) is 6.37. The predicted octanol–water partition coefficient (Wildman–Crippen LogP) is 2.73. The zero-order valence-electron chi connectivity index (χ0n) is 10.5. The normalized spacial score (nSPS) is 11.5. The number of rotatable bonds is 2. The molecule has 1 N–H and O–H groups in total. The molecule has 1 heterocycles. The van der Waals surface area contributed by atoms with E-state index in [-0.39, 0.29) is 11.2 Å². The minimum Gasteiger partial charge on any atom is -0.474 e. The molecule has 1 aromatic heterocycles. The molecule has 0 unspecified atom stereocenters. The van der Waals surface area contributed by atoms with Crippen LogP contribution < -0.4 is 0 Å². The van der Waals surface area contributed by atoms with Crippen molar-refractivity contribution in [3.63, 3.8) is 0 Å². The quantitative estimate of drug-likeness (QED) is 0.881. The Balaban J connectivity index is 2.31. The van der Waals surface area contributed by atoms with Gasteiger partial charge in [0.25, 0.3) is 0 Å². The van der Waals surface area contributed by atoms with Gasteiger partial charge in [-0.3, -0.25) is 0 Å². The van der Waals surface area contributed by atoms with Crippen LogP contribution in [0.3, 0.4) is 0 Å². The number of nitrogens with zero attached hydrogens (tertiary/aromatic N) is 2. The third kappa shape index (κ3) is 2.40. The van der Waals surface area contributed by atoms with Gasteiger partial charge in [-0.15, -0.1) is 0 Å². The summed E-state index contributed by atoms with van der Waals surface area (Å²) in [5.41, 5.74) is 2.00. The Morgan fingerprint density at radius 3 is 2.28 bits per heavy atom. The Labute approximate surface area is 104 Å². The lowest BCUT2D eigenvalue weighted by molar-refractivity contribution is 0.0643. The summed E-state index contributed by atoms with van der Waals surface area (Å²) in [4.78, 5) is 14.4. The van der Waals surface area contributed by atoms with Crippen LogP contribution in [0.15, 0.2) is 28.8 Å². The summed E-state index contributed by atoms with van der Waals surface area (Å²) in [6, 6.07) is 7.67. The van der Waals surface area contributed by atoms with Crippen LogP contribution in [0.5, 0.6) is 0 Å². The second-order valence-corrected chi connectivity index (χ2v) is 5.06. The fourth-order valence-electron chi connectivity index (χ4n) is 1.55. The Hall–Kier alpha value is -2.17. The van der Waals surface area contributed by atoms with Gasteiger partial charge in [0.2, 0.25) is 5.82 Å². The van der Waals surface area contributed by atoms with E-state index in [0.717, 1.165) is 5.56 Å². The van der Waals surface area contributed by atoms with E-state index in [2.05, 4.69) is 35.4 Å². The maximum Gasteiger partial charge on any atom is 0.394 e. The molecule has 1 aromatic carbocycles. The molecule has 0 radical (unpaired) electrons. The van der Waals surface area contributed by atoms with Crippen LogP contribution in [0, 0.1) is 0 Å². The van der Waals surface area contributed by atoms with E-state index in [0.29, 0.717) is 0 Å². The third-order valence-electron chi connectivity index (χ3n) is 2.62. The first kappa shape index (κ1) is 12.3. The van der Waals surface area contributed by atoms with Crippen LogP contribution in [-0.4, -0.2) is 21.2 Å². The van der Waals surface area contributed by atoms with E-state index >= 15 is 0 Å². The maximum absolute atomic E-state index is 10.6. The maximum atomic E-state index is 10.6. The van der Waals surface area contributed by atoms with Crippen molar-refractivity contribution in [2.75, 3.05) is 0 Å². The summed E-state index contributed by atoms with van der Waals surface area (Å²) in [5, 5.41) is 12.3. The van der Waals surface area contributed by atoms with Crippen LogP contribution in [0.1, 0.15) is 37.0 Å². The third-order valence-corrected chi connectivity index (χ3v) is 2.62. The predicted molar refractivity (Wildman–Crippen MR) is 65.4 cm³/mol. The van der Waals surface area contributed by atoms with E-state index in [1.165, 1.54) is 5.56 Å². The van der Waals surface area contributed by atoms with Gasteiger partial charge in [-0.05, 0) is 11.0 Å². The van der Waals surface area contributed by atoms with Crippen molar-refractivity contribution < 1.29 is 14.4 Å². The minimum absolute atomic E-state index is 0.0714. The zero-order chi connectivity index (χ0) is 13.3. The average molecular weight is 246 g/mol. The van der Waals surface area contributed by atoms with Crippen LogP contribution in [0.25, 0.3) is 11.4 Å². The number of aromatic carboxylic acids is 1. The molecule has 0 bridgehead atoms. The SMILES string of the molecule is CC(C)(C)c1ccc(-c2noc(C(=O)O)n2)cc1. The lowest BCUT2D eigenvalue weighted by Crippen LogP contribution is -2.10. The average Bonchev–Trinajstić information content (AvgIpc) is 2.77. The highest BCUT2D eigenvalue weighted by molar-refractivity contribution is 5.82. The fourth-order valence-corrected chi connectivity index (χ4v) is 1.55. The number of carboxylic acid groups (broad SMARTS) is 1. The van der Waals surface area contributed by atoms with Crippen molar-refractivity contribution in [3.8, 4) is 11.4 Å². The van der Waals surface area contributed by atoms with E-state index < -0.39 is 11.9 Å². The molecule has 2 aromatic rings. The zero-order valence-corrected chi connectivity index (χ0v) is 10.5. The topological polar surface area (TPSA) is 76.2 Å². The number of hydrogen-bond donors (Lipinski definition) is 1. The summed E-state index contributed by atoms with van der Waals surface area (Å²) in [7, 11) is 0. The molecule has 0 saturated carbocycles. The molecular formula is C13H14N2O3. The lowest BCUT2D eigenvalue weighted by atomic mass is 9.87. The van der Waals surface area contributed by atoms with Crippen molar-refractivity contribution in [2.24, 2.45) is 0 Å². The van der Waals surface area contributed by atoms with Crippen molar-refractivity contribution in [1.82, 2.24) is 10.1 Å². The van der Waals surface area contributed by atoms with Gasteiger partial charge in [0.15, 0.2) is 0 Å². The molecular weight excluding hydrogens is 232 g/mol. The summed E-state index contributed by atoms with van der Waals surface area (Å²) in [5.74, 6) is -1.34. The number of carbonyl (C=O) groups is 1. The molecule has 0 aliphatic carbocycles. The van der Waals surface area contributed by atoms with Gasteiger partial charge in [0.1, 0.15) is 0 Å². The molecule has 0 fully saturated rings. The van der Waals surface area contributed by atoms with E-state index in [1.807, 2.05) is 24.3 Å². The van der Waals surface area contributed by atoms with Gasteiger partial charge in [-0.2, -0.15) is 4.98 Å². The summed E-state index contributed by atoms with van der Waals surface area (Å²) in [6.07, 6.45) is 0. The molecule has 0 atom stereocenters. The first-order chi connectivity index (χ1) is 8.38. The molecule has 0 amide bonds. The molecule has 0 aliphatic heterocycles. The Kier molecular flexibility index (Phi) is 2.90. The Morgan fingerprint density at radius 2 is 1.83 bits per heavy atom. The summed E-state index contributed by atoms with van der Waals surface area (Å²) < 4.78 is 4.62. The van der Waals surface area contributed by atoms with E-state index in [9.17, 15) is 4.79 Å². The van der Waals surface area contributed by atoms with Crippen molar-refractivity contribution in [3.05, 3.63) is 35.7 Å². The van der Waals surface area contributed by atoms with Gasteiger partial charge in [0, 0.05) is 5.56 Å². The molecule has 2 rings (SSSR count). The Morgan fingerprint density at radius 1 is 1.22 bits per heavy atom. The second kappa shape index (κ2) is 4.25. The van der Waals surface area contributed by atoms with Gasteiger partial charge >= 0.3 is 11.9 Å². The van der Waals surface area contributed by atoms with Gasteiger partial charge in [-0.1, -0.05) is 50.2 Å². The smallest absolute Gasteiger partial charge is 0.394 e. The second-order valence-electron chi connectivity index (χ2n) is 5.06. The van der Waals surface area contributed by atoms with Crippen molar-refractivity contribution in [1.29, 1.82) is 0 Å². The van der Waals surface area contributed by atoms with Gasteiger partial charge in [0.05, 0.1) is 0 Å². The summed E-state index contributed by atoms with van der Waals surface area (Å²) >= 11 is 0. The first-order valence-corrected chi connectivity index (χ1v) is 5.56. The van der Waals surface area contributed by atoms with Gasteiger partial charge < -0.3 is 9.63 Å². The molecule has 0 aliphatic rings. The number of carboxylic acids is 1. The highest BCUT2D eigenvalue weighted by atomic mass is 16.5. The number of hydrogen-bond acceptors (Lipinski definition) is 4. The fraction of sp³-hybridized carbons (Fsp3) is 0.308. The highest BCUT2D eigenvalue weighted by Gasteiger charge is 2.16. The first-order valence-electron chi connectivity index (χ1n) is 5.56. The molecule has 0 saturated heterocycles. The molecule has 18 heavy (non-hydrogen) atoms. The van der Waals surface area contributed by atoms with Crippen LogP contribution >= 0.6 is 0 Å². The Bertz CT molecular complexity index is 565. The van der Waals surface area contributed by atoms with Gasteiger partial charge in [-0.25, -0.2) is 4.79 Å².